The van der Waals surface area contributed by atoms with Crippen LogP contribution in [-0.2, 0) is 0 Å². The minimum absolute atomic E-state index is 1.04. The van der Waals surface area contributed by atoms with Gasteiger partial charge in [0.2, 0.25) is 0 Å². The molecule has 0 unspecified atom stereocenters. The van der Waals surface area contributed by atoms with Crippen molar-refractivity contribution in [2.24, 2.45) is 0 Å². The van der Waals surface area contributed by atoms with Crippen molar-refractivity contribution in [3.05, 3.63) is 128 Å². The Bertz CT molecular complexity index is 3020. The van der Waals surface area contributed by atoms with Gasteiger partial charge in [-0.15, -0.1) is 22.7 Å². The Morgan fingerprint density at radius 1 is 0.489 bits per heavy atom. The molecule has 11 aromatic rings. The minimum atomic E-state index is 1.04. The lowest BCUT2D eigenvalue weighted by atomic mass is 9.94. The van der Waals surface area contributed by atoms with Crippen LogP contribution in [0.3, 0.4) is 0 Å². The second kappa shape index (κ2) is 8.63. The minimum Gasteiger partial charge on any atom is -0.308 e. The Kier molecular flexibility index (Phi) is 4.61. The van der Waals surface area contributed by atoms with Crippen LogP contribution in [-0.4, -0.2) is 14.5 Å². The largest absolute Gasteiger partial charge is 0.308 e. The molecule has 0 aliphatic carbocycles. The maximum Gasteiger partial charge on any atom is 0.116 e. The van der Waals surface area contributed by atoms with Gasteiger partial charge in [0.25, 0.3) is 0 Å². The number of rotatable bonds is 1. The molecule has 45 heavy (non-hydrogen) atoms. The summed E-state index contributed by atoms with van der Waals surface area (Å²) in [6.07, 6.45) is 3.66. The highest BCUT2D eigenvalue weighted by molar-refractivity contribution is 7.30. The zero-order chi connectivity index (χ0) is 29.2. The van der Waals surface area contributed by atoms with Crippen molar-refractivity contribution in [2.45, 2.75) is 0 Å². The summed E-state index contributed by atoms with van der Waals surface area (Å²) in [5.41, 5.74) is 4.66. The van der Waals surface area contributed by atoms with Crippen molar-refractivity contribution in [3.8, 4) is 5.69 Å². The molecule has 0 N–H and O–H groups in total. The van der Waals surface area contributed by atoms with Crippen molar-refractivity contribution < 1.29 is 0 Å². The summed E-state index contributed by atoms with van der Waals surface area (Å²) in [7, 11) is 0. The highest BCUT2D eigenvalue weighted by Crippen LogP contribution is 2.51. The molecule has 0 amide bonds. The highest BCUT2D eigenvalue weighted by Gasteiger charge is 2.25. The molecule has 4 heterocycles. The van der Waals surface area contributed by atoms with Gasteiger partial charge in [0.05, 0.1) is 25.9 Å². The van der Waals surface area contributed by atoms with Crippen LogP contribution < -0.4 is 0 Å². The molecule has 3 nitrogen and oxygen atoms in total. The van der Waals surface area contributed by atoms with Gasteiger partial charge in [-0.2, -0.15) is 0 Å². The van der Waals surface area contributed by atoms with Gasteiger partial charge in [-0.1, -0.05) is 91.0 Å². The van der Waals surface area contributed by atoms with Crippen LogP contribution in [0.15, 0.2) is 128 Å². The monoisotopic (exact) mass is 607 g/mol. The van der Waals surface area contributed by atoms with Gasteiger partial charge < -0.3 is 4.57 Å². The quantitative estimate of drug-likeness (QED) is 0.174. The first-order chi connectivity index (χ1) is 22.3. The highest BCUT2D eigenvalue weighted by atomic mass is 32.1. The van der Waals surface area contributed by atoms with E-state index in [0.29, 0.717) is 0 Å². The molecule has 0 atom stereocenters. The summed E-state index contributed by atoms with van der Waals surface area (Å²) in [6.45, 7) is 0. The molecule has 0 bridgehead atoms. The van der Waals surface area contributed by atoms with Crippen molar-refractivity contribution in [3.63, 3.8) is 0 Å². The number of aromatic nitrogens is 3. The van der Waals surface area contributed by atoms with Gasteiger partial charge >= 0.3 is 0 Å². The van der Waals surface area contributed by atoms with E-state index in [0.717, 1.165) is 15.9 Å². The zero-order valence-corrected chi connectivity index (χ0v) is 25.4. The Hall–Kier alpha value is -5.36. The van der Waals surface area contributed by atoms with Crippen LogP contribution in [0.4, 0.5) is 0 Å². The molecule has 0 spiro atoms. The van der Waals surface area contributed by atoms with Crippen molar-refractivity contribution >= 4 is 117 Å². The molecule has 5 heteroatoms. The average molecular weight is 608 g/mol. The third kappa shape index (κ3) is 3.04. The number of fused-ring (bicyclic) bond motifs is 18. The van der Waals surface area contributed by atoms with E-state index in [-0.39, 0.29) is 0 Å². The first-order valence-corrected chi connectivity index (χ1v) is 16.7. The standard InChI is InChI=1S/C40H21N3S2/c1-2-11-25-23(9-1)24-10-3-4-12-26(24)30-19-22(17-18-27(25)30)43-31-15-7-5-13-28(31)34-35-29-14-6-8-16-32(29)44-39(35)36-37-33(20-41-21-42-37)45-40(36)38(34)43/h1-21H. The third-order valence-corrected chi connectivity index (χ3v) is 11.8. The van der Waals surface area contributed by atoms with Crippen molar-refractivity contribution in [1.29, 1.82) is 0 Å². The predicted molar refractivity (Wildman–Crippen MR) is 195 cm³/mol. The maximum absolute atomic E-state index is 4.85. The Balaban J connectivity index is 1.40. The molecule has 0 saturated heterocycles. The number of thiophene rings is 2. The van der Waals surface area contributed by atoms with Gasteiger partial charge in [-0.25, -0.2) is 9.97 Å². The number of benzene rings is 7. The topological polar surface area (TPSA) is 30.7 Å². The first kappa shape index (κ1) is 24.0. The van der Waals surface area contributed by atoms with Crippen LogP contribution >= 0.6 is 22.7 Å². The predicted octanol–water partition coefficient (Wildman–Crippen LogP) is 11.8. The van der Waals surface area contributed by atoms with Crippen LogP contribution in [0, 0.1) is 0 Å². The normalized spacial score (nSPS) is 12.4. The Labute approximate surface area is 264 Å². The van der Waals surface area contributed by atoms with Crippen molar-refractivity contribution in [1.82, 2.24) is 14.5 Å². The van der Waals surface area contributed by atoms with Crippen LogP contribution in [0.1, 0.15) is 0 Å². The second-order valence-corrected chi connectivity index (χ2v) is 13.8. The van der Waals surface area contributed by atoms with Gasteiger partial charge in [0.15, 0.2) is 0 Å². The van der Waals surface area contributed by atoms with E-state index in [1.54, 1.807) is 6.33 Å². The van der Waals surface area contributed by atoms with Crippen LogP contribution in [0.2, 0.25) is 0 Å². The maximum atomic E-state index is 4.85. The average Bonchev–Trinajstić information content (AvgIpc) is 3.78. The molecule has 11 rings (SSSR count). The third-order valence-electron chi connectivity index (χ3n) is 9.50. The molecule has 0 saturated carbocycles. The molecule has 7 aromatic carbocycles. The van der Waals surface area contributed by atoms with Gasteiger partial charge in [-0.05, 0) is 56.6 Å². The molecule has 0 aliphatic rings. The number of hydrogen-bond acceptors (Lipinski definition) is 4. The fraction of sp³-hybridized carbons (Fsp3) is 0. The van der Waals surface area contributed by atoms with E-state index in [2.05, 4.69) is 125 Å². The summed E-state index contributed by atoms with van der Waals surface area (Å²) >= 11 is 3.69. The molecular weight excluding hydrogens is 587 g/mol. The smallest absolute Gasteiger partial charge is 0.116 e. The first-order valence-electron chi connectivity index (χ1n) is 15.1. The lowest BCUT2D eigenvalue weighted by molar-refractivity contribution is 1.19. The molecule has 208 valence electrons. The van der Waals surface area contributed by atoms with Gasteiger partial charge in [0, 0.05) is 48.2 Å². The van der Waals surface area contributed by atoms with Crippen molar-refractivity contribution in [2.75, 3.05) is 0 Å². The van der Waals surface area contributed by atoms with Gasteiger partial charge in [-0.3, -0.25) is 0 Å². The van der Waals surface area contributed by atoms with Crippen LogP contribution in [0.5, 0.6) is 0 Å². The number of nitrogens with zero attached hydrogens (tertiary/aromatic N) is 3. The summed E-state index contributed by atoms with van der Waals surface area (Å²) in [4.78, 5) is 9.27. The summed E-state index contributed by atoms with van der Waals surface area (Å²) < 4.78 is 7.49. The molecule has 0 radical (unpaired) electrons. The Morgan fingerprint density at radius 2 is 1.11 bits per heavy atom. The Morgan fingerprint density at radius 3 is 1.89 bits per heavy atom. The van der Waals surface area contributed by atoms with E-state index in [9.17, 15) is 0 Å². The molecule has 4 aromatic heterocycles. The lowest BCUT2D eigenvalue weighted by Gasteiger charge is -2.14. The SMILES string of the molecule is c1ccc2c(c1)sc1c3c4ncncc4sc3c3c(c4ccccc4n3-c3ccc4c5ccccc5c5ccccc5c4c3)c21. The zero-order valence-electron chi connectivity index (χ0n) is 23.8. The lowest BCUT2D eigenvalue weighted by Crippen LogP contribution is -1.95. The fourth-order valence-electron chi connectivity index (χ4n) is 7.71. The van der Waals surface area contributed by atoms with E-state index >= 15 is 0 Å². The summed E-state index contributed by atoms with van der Waals surface area (Å²) in [6, 6.07) is 42.4. The second-order valence-electron chi connectivity index (χ2n) is 11.7. The fourth-order valence-corrected chi connectivity index (χ4v) is 10.2. The molecule has 0 aliphatic heterocycles. The van der Waals surface area contributed by atoms with E-state index in [1.165, 1.54) is 84.4 Å². The van der Waals surface area contributed by atoms with E-state index in [4.69, 9.17) is 4.98 Å². The number of hydrogen-bond donors (Lipinski definition) is 0. The van der Waals surface area contributed by atoms with Gasteiger partial charge in [0.1, 0.15) is 6.33 Å². The van der Waals surface area contributed by atoms with E-state index < -0.39 is 0 Å². The summed E-state index contributed by atoms with van der Waals surface area (Å²) in [5, 5.41) is 14.2. The number of para-hydroxylation sites is 1. The van der Waals surface area contributed by atoms with E-state index in [1.807, 2.05) is 28.9 Å². The molecular formula is C40H21N3S2. The van der Waals surface area contributed by atoms with Crippen LogP contribution in [0.25, 0.3) is 100 Å². The summed E-state index contributed by atoms with van der Waals surface area (Å²) in [5.74, 6) is 0. The molecule has 0 fully saturated rings.